The van der Waals surface area contributed by atoms with Crippen molar-refractivity contribution in [2.75, 3.05) is 12.9 Å². The number of hydrogen-bond acceptors (Lipinski definition) is 5. The summed E-state index contributed by atoms with van der Waals surface area (Å²) in [5.74, 6) is 0.00547. The molecule has 0 fully saturated rings. The zero-order valence-corrected chi connectivity index (χ0v) is 8.94. The third-order valence-electron chi connectivity index (χ3n) is 1.69. The first-order valence-electron chi connectivity index (χ1n) is 4.20. The van der Waals surface area contributed by atoms with E-state index in [-0.39, 0.29) is 12.4 Å². The van der Waals surface area contributed by atoms with Crippen LogP contribution in [0.1, 0.15) is 11.7 Å². The van der Waals surface area contributed by atoms with Crippen LogP contribution in [0.25, 0.3) is 0 Å². The van der Waals surface area contributed by atoms with E-state index in [1.54, 1.807) is 12.1 Å². The highest BCUT2D eigenvalue weighted by atomic mass is 32.2. The Balaban J connectivity index is 2.65. The van der Waals surface area contributed by atoms with Gasteiger partial charge in [-0.05, 0) is 17.7 Å². The molecule has 0 spiro atoms. The molecule has 5 nitrogen and oxygen atoms in total. The molecule has 84 valence electrons. The molecule has 0 aromatic heterocycles. The van der Waals surface area contributed by atoms with Crippen LogP contribution in [0.4, 0.5) is 0 Å². The Morgan fingerprint density at radius 1 is 1.47 bits per heavy atom. The molecule has 0 amide bonds. The van der Waals surface area contributed by atoms with Gasteiger partial charge in [0.1, 0.15) is 11.9 Å². The number of phenolic OH excluding ortho intramolecular Hbond substituents is 1. The molecule has 1 rings (SSSR count). The van der Waals surface area contributed by atoms with Crippen LogP contribution < -0.4 is 0 Å². The summed E-state index contributed by atoms with van der Waals surface area (Å²) in [4.78, 5) is 0. The first-order chi connectivity index (χ1) is 6.88. The number of rotatable bonds is 4. The minimum atomic E-state index is -3.56. The van der Waals surface area contributed by atoms with Crippen LogP contribution in [0.5, 0.6) is 5.75 Å². The van der Waals surface area contributed by atoms with Crippen LogP contribution >= 0.6 is 0 Å². The van der Waals surface area contributed by atoms with Crippen molar-refractivity contribution in [1.29, 1.82) is 0 Å². The van der Waals surface area contributed by atoms with E-state index >= 15 is 0 Å². The maximum absolute atomic E-state index is 10.7. The second-order valence-corrected chi connectivity index (χ2v) is 4.74. The smallest absolute Gasteiger partial charge is 0.264 e. The van der Waals surface area contributed by atoms with E-state index in [1.165, 1.54) is 12.1 Å². The van der Waals surface area contributed by atoms with Gasteiger partial charge in [0.25, 0.3) is 10.1 Å². The molecule has 0 radical (unpaired) electrons. The predicted octanol–water partition coefficient (Wildman–Crippen LogP) is 0.402. The zero-order chi connectivity index (χ0) is 11.5. The average Bonchev–Trinajstić information content (AvgIpc) is 2.13. The van der Waals surface area contributed by atoms with Crippen molar-refractivity contribution in [3.05, 3.63) is 29.8 Å². The molecule has 2 N–H and O–H groups in total. The minimum Gasteiger partial charge on any atom is -0.508 e. The number of phenols is 1. The van der Waals surface area contributed by atoms with E-state index in [1.807, 2.05) is 0 Å². The van der Waals surface area contributed by atoms with E-state index < -0.39 is 16.2 Å². The summed E-state index contributed by atoms with van der Waals surface area (Å²) in [6, 6.07) is 5.91. The van der Waals surface area contributed by atoms with Gasteiger partial charge in [0.15, 0.2) is 0 Å². The average molecular weight is 232 g/mol. The SMILES string of the molecule is CS(=O)(=O)OCC(O)c1cccc(O)c1. The van der Waals surface area contributed by atoms with Gasteiger partial charge in [-0.25, -0.2) is 0 Å². The van der Waals surface area contributed by atoms with Crippen LogP contribution in [-0.4, -0.2) is 31.5 Å². The van der Waals surface area contributed by atoms with Gasteiger partial charge in [-0.1, -0.05) is 12.1 Å². The van der Waals surface area contributed by atoms with Crippen molar-refractivity contribution < 1.29 is 22.8 Å². The summed E-state index contributed by atoms with van der Waals surface area (Å²) < 4.78 is 25.7. The number of aliphatic hydroxyl groups excluding tert-OH is 1. The molecular weight excluding hydrogens is 220 g/mol. The lowest BCUT2D eigenvalue weighted by molar-refractivity contribution is 0.112. The lowest BCUT2D eigenvalue weighted by Gasteiger charge is -2.10. The number of benzene rings is 1. The van der Waals surface area contributed by atoms with E-state index in [0.717, 1.165) is 6.26 Å². The fourth-order valence-corrected chi connectivity index (χ4v) is 1.39. The standard InChI is InChI=1S/C9H12O5S/c1-15(12,13)14-6-9(11)7-3-2-4-8(10)5-7/h2-5,9-11H,6H2,1H3. The second kappa shape index (κ2) is 4.61. The van der Waals surface area contributed by atoms with Gasteiger partial charge in [-0.3, -0.25) is 4.18 Å². The Labute approximate surface area is 88.1 Å². The van der Waals surface area contributed by atoms with Crippen molar-refractivity contribution in [2.45, 2.75) is 6.10 Å². The summed E-state index contributed by atoms with van der Waals surface area (Å²) in [5, 5.41) is 18.6. The van der Waals surface area contributed by atoms with Crippen LogP contribution in [-0.2, 0) is 14.3 Å². The Hall–Kier alpha value is -1.11. The van der Waals surface area contributed by atoms with Gasteiger partial charge >= 0.3 is 0 Å². The van der Waals surface area contributed by atoms with Crippen molar-refractivity contribution in [3.8, 4) is 5.75 Å². The molecular formula is C9H12O5S. The third kappa shape index (κ3) is 4.28. The molecule has 0 saturated heterocycles. The molecule has 1 aromatic carbocycles. The van der Waals surface area contributed by atoms with E-state index in [0.29, 0.717) is 5.56 Å². The molecule has 0 aliphatic carbocycles. The van der Waals surface area contributed by atoms with Crippen molar-refractivity contribution in [3.63, 3.8) is 0 Å². The molecule has 0 aliphatic rings. The Kier molecular flexibility index (Phi) is 3.67. The molecule has 0 heterocycles. The number of aliphatic hydroxyl groups is 1. The van der Waals surface area contributed by atoms with Gasteiger partial charge in [-0.15, -0.1) is 0 Å². The van der Waals surface area contributed by atoms with Gasteiger partial charge in [0.05, 0.1) is 12.9 Å². The molecule has 0 bridgehead atoms. The van der Waals surface area contributed by atoms with E-state index in [4.69, 9.17) is 5.11 Å². The lowest BCUT2D eigenvalue weighted by atomic mass is 10.1. The minimum absolute atomic E-state index is 0.00547. The van der Waals surface area contributed by atoms with Gasteiger partial charge in [0.2, 0.25) is 0 Å². The van der Waals surface area contributed by atoms with E-state index in [2.05, 4.69) is 4.18 Å². The number of hydrogen-bond donors (Lipinski definition) is 2. The summed E-state index contributed by atoms with van der Waals surface area (Å²) in [5.41, 5.74) is 0.402. The van der Waals surface area contributed by atoms with Gasteiger partial charge < -0.3 is 10.2 Å². The van der Waals surface area contributed by atoms with Crippen molar-refractivity contribution in [1.82, 2.24) is 0 Å². The summed E-state index contributed by atoms with van der Waals surface area (Å²) in [6.45, 7) is -0.359. The first kappa shape index (κ1) is 12.0. The normalized spacial score (nSPS) is 13.7. The van der Waals surface area contributed by atoms with Crippen LogP contribution in [0.15, 0.2) is 24.3 Å². The molecule has 15 heavy (non-hydrogen) atoms. The van der Waals surface area contributed by atoms with Crippen molar-refractivity contribution in [2.24, 2.45) is 0 Å². The zero-order valence-electron chi connectivity index (χ0n) is 8.12. The largest absolute Gasteiger partial charge is 0.508 e. The molecule has 0 saturated carbocycles. The van der Waals surface area contributed by atoms with Gasteiger partial charge in [-0.2, -0.15) is 8.42 Å². The lowest BCUT2D eigenvalue weighted by Crippen LogP contribution is -2.11. The highest BCUT2D eigenvalue weighted by molar-refractivity contribution is 7.85. The van der Waals surface area contributed by atoms with Crippen LogP contribution in [0.2, 0.25) is 0 Å². The Morgan fingerprint density at radius 2 is 2.13 bits per heavy atom. The van der Waals surface area contributed by atoms with Gasteiger partial charge in [0, 0.05) is 0 Å². The van der Waals surface area contributed by atoms with Crippen LogP contribution in [0.3, 0.4) is 0 Å². The van der Waals surface area contributed by atoms with Crippen molar-refractivity contribution >= 4 is 10.1 Å². The maximum atomic E-state index is 10.7. The summed E-state index contributed by atoms with van der Waals surface area (Å²) in [7, 11) is -3.56. The Morgan fingerprint density at radius 3 is 2.67 bits per heavy atom. The second-order valence-electron chi connectivity index (χ2n) is 3.10. The predicted molar refractivity (Wildman–Crippen MR) is 53.9 cm³/mol. The fourth-order valence-electron chi connectivity index (χ4n) is 1.02. The summed E-state index contributed by atoms with van der Waals surface area (Å²) >= 11 is 0. The number of aromatic hydroxyl groups is 1. The molecule has 6 heteroatoms. The summed E-state index contributed by atoms with van der Waals surface area (Å²) in [6.07, 6.45) is -0.172. The molecule has 0 aliphatic heterocycles. The Bertz CT molecular complexity index is 426. The quantitative estimate of drug-likeness (QED) is 0.734. The van der Waals surface area contributed by atoms with E-state index in [9.17, 15) is 13.5 Å². The fraction of sp³-hybridized carbons (Fsp3) is 0.333. The molecule has 1 aromatic rings. The monoisotopic (exact) mass is 232 g/mol. The maximum Gasteiger partial charge on any atom is 0.264 e. The highest BCUT2D eigenvalue weighted by Gasteiger charge is 2.11. The molecule has 1 unspecified atom stereocenters. The van der Waals surface area contributed by atoms with Crippen LogP contribution in [0, 0.1) is 0 Å². The first-order valence-corrected chi connectivity index (χ1v) is 6.01. The topological polar surface area (TPSA) is 83.8 Å². The molecule has 1 atom stereocenters. The third-order valence-corrected chi connectivity index (χ3v) is 2.26. The highest BCUT2D eigenvalue weighted by Crippen LogP contribution is 2.18.